The number of hydrogen-bond donors (Lipinski definition) is 0. The van der Waals surface area contributed by atoms with E-state index in [9.17, 15) is 13.2 Å². The van der Waals surface area contributed by atoms with Gasteiger partial charge in [-0.3, -0.25) is 0 Å². The molecule has 1 aromatic rings. The second-order valence-electron chi connectivity index (χ2n) is 2.90. The van der Waals surface area contributed by atoms with Gasteiger partial charge in [-0.1, -0.05) is 15.9 Å². The molecule has 0 saturated carbocycles. The van der Waals surface area contributed by atoms with E-state index in [2.05, 4.69) is 15.9 Å². The highest BCUT2D eigenvalue weighted by Gasteiger charge is 2.31. The number of hydrogen-bond acceptors (Lipinski definition) is 2. The molecule has 0 fully saturated rings. The molecule has 0 aliphatic rings. The Morgan fingerprint density at radius 2 is 2.07 bits per heavy atom. The number of halogens is 4. The first-order valence-corrected chi connectivity index (χ1v) is 6.38. The second kappa shape index (κ2) is 5.75. The van der Waals surface area contributed by atoms with Crippen molar-refractivity contribution in [3.63, 3.8) is 0 Å². The third-order valence-corrected chi connectivity index (χ3v) is 3.08. The predicted molar refractivity (Wildman–Crippen MR) is 57.8 cm³/mol. The maximum absolute atomic E-state index is 12.2. The van der Waals surface area contributed by atoms with Gasteiger partial charge in [0.05, 0.1) is 12.2 Å². The zero-order valence-electron chi connectivity index (χ0n) is 7.81. The molecule has 1 rings (SSSR count). The van der Waals surface area contributed by atoms with Gasteiger partial charge in [0.25, 0.3) is 0 Å². The summed E-state index contributed by atoms with van der Waals surface area (Å²) in [5.41, 5.74) is -0.636. The highest BCUT2D eigenvalue weighted by atomic mass is 79.9. The van der Waals surface area contributed by atoms with Gasteiger partial charge in [0, 0.05) is 16.8 Å². The average Bonchev–Trinajstić information content (AvgIpc) is 2.60. The Labute approximate surface area is 98.4 Å². The molecule has 0 N–H and O–H groups in total. The van der Waals surface area contributed by atoms with E-state index in [-0.39, 0.29) is 0 Å². The van der Waals surface area contributed by atoms with Crippen LogP contribution in [0.15, 0.2) is 11.4 Å². The lowest BCUT2D eigenvalue weighted by Crippen LogP contribution is -2.02. The Hall–Kier alpha value is -0.230. The van der Waals surface area contributed by atoms with Crippen LogP contribution in [0.2, 0.25) is 0 Å². The molecule has 0 aliphatic heterocycles. The Bertz CT molecular complexity index is 298. The van der Waals surface area contributed by atoms with Gasteiger partial charge in [-0.15, -0.1) is 11.3 Å². The molecule has 1 nitrogen and oxygen atoms in total. The molecule has 0 unspecified atom stereocenters. The van der Waals surface area contributed by atoms with Crippen molar-refractivity contribution in [3.05, 3.63) is 17.0 Å². The summed E-state index contributed by atoms with van der Waals surface area (Å²) in [6.07, 6.45) is -2.48. The normalized spacial score (nSPS) is 11.7. The largest absolute Gasteiger partial charge is 0.484 e. The van der Waals surface area contributed by atoms with Gasteiger partial charge >= 0.3 is 6.18 Å². The average molecular weight is 303 g/mol. The van der Waals surface area contributed by atoms with Gasteiger partial charge in [0.1, 0.15) is 0 Å². The minimum atomic E-state index is -4.27. The van der Waals surface area contributed by atoms with Crippen LogP contribution in [-0.2, 0) is 6.18 Å². The predicted octanol–water partition coefficient (Wildman–Crippen LogP) is 4.32. The first-order chi connectivity index (χ1) is 7.04. The molecule has 86 valence electrons. The monoisotopic (exact) mass is 302 g/mol. The van der Waals surface area contributed by atoms with Crippen LogP contribution in [-0.4, -0.2) is 11.9 Å². The topological polar surface area (TPSA) is 9.23 Å². The zero-order valence-corrected chi connectivity index (χ0v) is 10.2. The summed E-state index contributed by atoms with van der Waals surface area (Å²) in [6.45, 7) is 0.462. The van der Waals surface area contributed by atoms with Crippen LogP contribution < -0.4 is 4.74 Å². The van der Waals surface area contributed by atoms with E-state index < -0.39 is 11.7 Å². The highest BCUT2D eigenvalue weighted by molar-refractivity contribution is 9.09. The molecule has 0 atom stereocenters. The van der Waals surface area contributed by atoms with E-state index >= 15 is 0 Å². The van der Waals surface area contributed by atoms with Crippen LogP contribution in [0.3, 0.4) is 0 Å². The molecule has 0 aromatic carbocycles. The van der Waals surface area contributed by atoms with Crippen molar-refractivity contribution in [2.45, 2.75) is 19.0 Å². The summed E-state index contributed by atoms with van der Waals surface area (Å²) >= 11 is 4.24. The lowest BCUT2D eigenvalue weighted by molar-refractivity contribution is -0.137. The lowest BCUT2D eigenvalue weighted by Gasteiger charge is -2.02. The van der Waals surface area contributed by atoms with E-state index in [0.717, 1.165) is 41.0 Å². The first-order valence-electron chi connectivity index (χ1n) is 4.38. The molecule has 1 heterocycles. The van der Waals surface area contributed by atoms with Crippen LogP contribution in [0, 0.1) is 0 Å². The van der Waals surface area contributed by atoms with Crippen molar-refractivity contribution in [2.24, 2.45) is 0 Å². The van der Waals surface area contributed by atoms with Crippen LogP contribution in [0.4, 0.5) is 13.2 Å². The molecule has 0 spiro atoms. The van der Waals surface area contributed by atoms with Crippen molar-refractivity contribution in [1.82, 2.24) is 0 Å². The van der Waals surface area contributed by atoms with E-state index in [1.54, 1.807) is 0 Å². The zero-order chi connectivity index (χ0) is 11.3. The molecular weight excluding hydrogens is 293 g/mol. The van der Waals surface area contributed by atoms with Crippen molar-refractivity contribution in [2.75, 3.05) is 11.9 Å². The second-order valence-corrected chi connectivity index (χ2v) is 4.56. The molecule has 6 heteroatoms. The maximum Gasteiger partial charge on any atom is 0.417 e. The van der Waals surface area contributed by atoms with Crippen LogP contribution in [0.25, 0.3) is 0 Å². The fourth-order valence-electron chi connectivity index (χ4n) is 0.910. The number of alkyl halides is 4. The van der Waals surface area contributed by atoms with E-state index in [4.69, 9.17) is 4.74 Å². The van der Waals surface area contributed by atoms with Crippen LogP contribution >= 0.6 is 27.3 Å². The lowest BCUT2D eigenvalue weighted by atomic mass is 10.3. The van der Waals surface area contributed by atoms with Gasteiger partial charge in [0.2, 0.25) is 0 Å². The molecule has 0 saturated heterocycles. The highest BCUT2D eigenvalue weighted by Crippen LogP contribution is 2.35. The summed E-state index contributed by atoms with van der Waals surface area (Å²) in [5, 5.41) is 2.28. The van der Waals surface area contributed by atoms with Crippen molar-refractivity contribution >= 4 is 27.3 Å². The number of thiophene rings is 1. The third-order valence-electron chi connectivity index (χ3n) is 1.68. The molecular formula is C9H10BrF3OS. The first kappa shape index (κ1) is 12.8. The Morgan fingerprint density at radius 3 is 2.60 bits per heavy atom. The van der Waals surface area contributed by atoms with Crippen molar-refractivity contribution < 1.29 is 17.9 Å². The molecule has 0 radical (unpaired) electrons. The van der Waals surface area contributed by atoms with Crippen molar-refractivity contribution in [3.8, 4) is 5.06 Å². The van der Waals surface area contributed by atoms with Gasteiger partial charge in [-0.05, 0) is 12.8 Å². The smallest absolute Gasteiger partial charge is 0.417 e. The van der Waals surface area contributed by atoms with E-state index in [1.165, 1.54) is 0 Å². The van der Waals surface area contributed by atoms with E-state index in [0.29, 0.717) is 11.7 Å². The standard InChI is InChI=1S/C9H10BrF3OS/c10-3-1-2-4-14-8-5-7(6-15-8)9(11,12)13/h5-6H,1-4H2. The van der Waals surface area contributed by atoms with Gasteiger partial charge in [-0.25, -0.2) is 0 Å². The number of ether oxygens (including phenoxy) is 1. The SMILES string of the molecule is FC(F)(F)c1csc(OCCCCBr)c1. The summed E-state index contributed by atoms with van der Waals surface area (Å²) in [6, 6.07) is 1.04. The maximum atomic E-state index is 12.2. The summed E-state index contributed by atoms with van der Waals surface area (Å²) < 4.78 is 41.7. The quantitative estimate of drug-likeness (QED) is 0.581. The van der Waals surface area contributed by atoms with Crippen LogP contribution in [0.5, 0.6) is 5.06 Å². The molecule has 0 amide bonds. The van der Waals surface area contributed by atoms with Crippen LogP contribution in [0.1, 0.15) is 18.4 Å². The van der Waals surface area contributed by atoms with Gasteiger partial charge in [0.15, 0.2) is 5.06 Å². The minimum Gasteiger partial charge on any atom is -0.484 e. The number of rotatable bonds is 5. The Balaban J connectivity index is 2.40. The summed E-state index contributed by atoms with van der Waals surface area (Å²) in [7, 11) is 0. The minimum absolute atomic E-state index is 0.330. The third kappa shape index (κ3) is 4.42. The van der Waals surface area contributed by atoms with Gasteiger partial charge < -0.3 is 4.74 Å². The summed E-state index contributed by atoms with van der Waals surface area (Å²) in [4.78, 5) is 0. The van der Waals surface area contributed by atoms with Crippen molar-refractivity contribution in [1.29, 1.82) is 0 Å². The Morgan fingerprint density at radius 1 is 1.33 bits per heavy atom. The molecule has 1 aromatic heterocycles. The fourth-order valence-corrected chi connectivity index (χ4v) is 2.10. The van der Waals surface area contributed by atoms with Gasteiger partial charge in [-0.2, -0.15) is 13.2 Å². The Kier molecular flexibility index (Phi) is 4.92. The molecule has 0 aliphatic carbocycles. The summed E-state index contributed by atoms with van der Waals surface area (Å²) in [5.74, 6) is 0. The molecule has 0 bridgehead atoms. The fraction of sp³-hybridized carbons (Fsp3) is 0.556. The van der Waals surface area contributed by atoms with E-state index in [1.807, 2.05) is 0 Å². The number of unbranched alkanes of at least 4 members (excludes halogenated alkanes) is 1. The molecule has 15 heavy (non-hydrogen) atoms.